The van der Waals surface area contributed by atoms with Gasteiger partial charge in [0.15, 0.2) is 0 Å². The van der Waals surface area contributed by atoms with Crippen molar-refractivity contribution in [2.45, 2.75) is 6.42 Å². The molecule has 0 spiro atoms. The van der Waals surface area contributed by atoms with Crippen LogP contribution in [0.4, 0.5) is 5.69 Å². The molecule has 0 heterocycles. The first-order valence-electron chi connectivity index (χ1n) is 7.20. The smallest absolute Gasteiger partial charge is 0.0893 e. The molecular weight excluding hydrogens is 270 g/mol. The Bertz CT molecular complexity index is 754. The highest BCUT2D eigenvalue weighted by Crippen LogP contribution is 2.27. The lowest BCUT2D eigenvalue weighted by atomic mass is 9.99. The number of benzene rings is 2. The quantitative estimate of drug-likeness (QED) is 0.795. The van der Waals surface area contributed by atoms with E-state index in [4.69, 9.17) is 5.73 Å². The molecule has 2 aromatic carbocycles. The summed E-state index contributed by atoms with van der Waals surface area (Å²) in [6.45, 7) is 0. The van der Waals surface area contributed by atoms with Crippen LogP contribution in [0.2, 0.25) is 0 Å². The van der Waals surface area contributed by atoms with E-state index in [0.29, 0.717) is 6.42 Å². The highest BCUT2D eigenvalue weighted by atomic mass is 15.1. The van der Waals surface area contributed by atoms with Crippen LogP contribution in [-0.4, -0.2) is 0 Å². The van der Waals surface area contributed by atoms with Crippen LogP contribution in [0.25, 0.3) is 6.08 Å². The molecule has 0 aromatic heterocycles. The molecule has 1 aliphatic rings. The maximum atomic E-state index is 5.95. The van der Waals surface area contributed by atoms with E-state index >= 15 is 0 Å². The molecule has 0 amide bonds. The van der Waals surface area contributed by atoms with Crippen LogP contribution in [0.15, 0.2) is 100 Å². The van der Waals surface area contributed by atoms with Gasteiger partial charge in [-0.3, -0.25) is 0 Å². The fourth-order valence-corrected chi connectivity index (χ4v) is 2.24. The average molecular weight is 287 g/mol. The summed E-state index contributed by atoms with van der Waals surface area (Å²) in [4.78, 5) is 0. The van der Waals surface area contributed by atoms with Crippen molar-refractivity contribution in [2.24, 2.45) is 16.0 Å². The second kappa shape index (κ2) is 6.68. The second-order valence-electron chi connectivity index (χ2n) is 5.09. The standard InChI is InChI=1S/C19H17N3/c20-17-11-12-19(22-21-18-9-5-2-6-10-18)16(14-17)13-15-7-3-1-4-8-15/h1-13H,14,20H2. The Hall–Kier alpha value is -2.94. The highest BCUT2D eigenvalue weighted by molar-refractivity contribution is 5.60. The Morgan fingerprint density at radius 3 is 2.23 bits per heavy atom. The molecule has 0 aliphatic heterocycles. The fourth-order valence-electron chi connectivity index (χ4n) is 2.24. The van der Waals surface area contributed by atoms with E-state index in [9.17, 15) is 0 Å². The number of nitrogens with zero attached hydrogens (tertiary/aromatic N) is 2. The SMILES string of the molecule is NC1=CC=C(N=Nc2ccccc2)C(=Cc2ccccc2)C1. The minimum absolute atomic E-state index is 0.689. The van der Waals surface area contributed by atoms with Gasteiger partial charge in [0.2, 0.25) is 0 Å². The van der Waals surface area contributed by atoms with E-state index in [1.54, 1.807) is 0 Å². The third-order valence-electron chi connectivity index (χ3n) is 3.35. The molecule has 22 heavy (non-hydrogen) atoms. The van der Waals surface area contributed by atoms with Crippen LogP contribution in [-0.2, 0) is 0 Å². The number of nitrogens with two attached hydrogens (primary N) is 1. The van der Waals surface area contributed by atoms with E-state index in [1.807, 2.05) is 60.7 Å². The number of azo groups is 1. The minimum atomic E-state index is 0.689. The minimum Gasteiger partial charge on any atom is -0.402 e. The van der Waals surface area contributed by atoms with Gasteiger partial charge in [-0.15, -0.1) is 0 Å². The highest BCUT2D eigenvalue weighted by Gasteiger charge is 2.10. The Labute approximate surface area is 130 Å². The zero-order valence-electron chi connectivity index (χ0n) is 12.2. The van der Waals surface area contributed by atoms with Crippen LogP contribution < -0.4 is 5.73 Å². The number of rotatable bonds is 3. The summed E-state index contributed by atoms with van der Waals surface area (Å²) in [5.41, 5.74) is 10.7. The van der Waals surface area contributed by atoms with E-state index in [2.05, 4.69) is 28.4 Å². The van der Waals surface area contributed by atoms with Crippen molar-refractivity contribution >= 4 is 11.8 Å². The van der Waals surface area contributed by atoms with E-state index in [-0.39, 0.29) is 0 Å². The van der Waals surface area contributed by atoms with Gasteiger partial charge >= 0.3 is 0 Å². The molecule has 2 N–H and O–H groups in total. The lowest BCUT2D eigenvalue weighted by Gasteiger charge is -2.12. The summed E-state index contributed by atoms with van der Waals surface area (Å²) in [6.07, 6.45) is 6.60. The largest absolute Gasteiger partial charge is 0.402 e. The van der Waals surface area contributed by atoms with Gasteiger partial charge in [0.1, 0.15) is 0 Å². The number of allylic oxidation sites excluding steroid dienone is 4. The first kappa shape index (κ1) is 14.0. The van der Waals surface area contributed by atoms with E-state index in [0.717, 1.165) is 28.2 Å². The van der Waals surface area contributed by atoms with Crippen molar-refractivity contribution in [3.8, 4) is 0 Å². The van der Waals surface area contributed by atoms with Crippen LogP contribution in [0.5, 0.6) is 0 Å². The van der Waals surface area contributed by atoms with Crippen LogP contribution in [0, 0.1) is 0 Å². The summed E-state index contributed by atoms with van der Waals surface area (Å²) < 4.78 is 0. The molecule has 1 aliphatic carbocycles. The second-order valence-corrected chi connectivity index (χ2v) is 5.09. The Kier molecular flexibility index (Phi) is 4.25. The predicted octanol–water partition coefficient (Wildman–Crippen LogP) is 4.98. The van der Waals surface area contributed by atoms with Crippen molar-refractivity contribution in [2.75, 3.05) is 0 Å². The fraction of sp³-hybridized carbons (Fsp3) is 0.0526. The van der Waals surface area contributed by atoms with Crippen LogP contribution in [0.1, 0.15) is 12.0 Å². The van der Waals surface area contributed by atoms with Crippen molar-refractivity contribution in [3.63, 3.8) is 0 Å². The molecule has 0 bridgehead atoms. The molecule has 3 rings (SSSR count). The van der Waals surface area contributed by atoms with Crippen molar-refractivity contribution in [3.05, 3.63) is 95.3 Å². The number of hydrogen-bond donors (Lipinski definition) is 1. The predicted molar refractivity (Wildman–Crippen MR) is 90.3 cm³/mol. The monoisotopic (exact) mass is 287 g/mol. The van der Waals surface area contributed by atoms with Crippen molar-refractivity contribution in [1.29, 1.82) is 0 Å². The lowest BCUT2D eigenvalue weighted by Crippen LogP contribution is -2.03. The molecule has 3 nitrogen and oxygen atoms in total. The average Bonchev–Trinajstić information content (AvgIpc) is 2.56. The van der Waals surface area contributed by atoms with Gasteiger partial charge in [-0.25, -0.2) is 0 Å². The molecule has 0 saturated heterocycles. The molecule has 0 saturated carbocycles. The third-order valence-corrected chi connectivity index (χ3v) is 3.35. The zero-order valence-corrected chi connectivity index (χ0v) is 12.2. The van der Waals surface area contributed by atoms with Gasteiger partial charge in [0.25, 0.3) is 0 Å². The van der Waals surface area contributed by atoms with Crippen molar-refractivity contribution < 1.29 is 0 Å². The normalized spacial score (nSPS) is 16.6. The van der Waals surface area contributed by atoms with Crippen LogP contribution >= 0.6 is 0 Å². The molecule has 0 atom stereocenters. The summed E-state index contributed by atoms with van der Waals surface area (Å²) in [6, 6.07) is 19.9. The van der Waals surface area contributed by atoms with E-state index < -0.39 is 0 Å². The molecule has 0 unspecified atom stereocenters. The summed E-state index contributed by atoms with van der Waals surface area (Å²) in [5.74, 6) is 0. The maximum Gasteiger partial charge on any atom is 0.0893 e. The molecule has 3 heteroatoms. The van der Waals surface area contributed by atoms with Gasteiger partial charge in [-0.1, -0.05) is 48.5 Å². The molecule has 108 valence electrons. The van der Waals surface area contributed by atoms with Gasteiger partial charge in [0, 0.05) is 12.1 Å². The molecule has 0 fully saturated rings. The maximum absolute atomic E-state index is 5.95. The summed E-state index contributed by atoms with van der Waals surface area (Å²) in [7, 11) is 0. The molecule has 0 radical (unpaired) electrons. The summed E-state index contributed by atoms with van der Waals surface area (Å²) in [5, 5.41) is 8.68. The van der Waals surface area contributed by atoms with Gasteiger partial charge in [-0.05, 0) is 41.5 Å². The lowest BCUT2D eigenvalue weighted by molar-refractivity contribution is 1.02. The first-order valence-corrected chi connectivity index (χ1v) is 7.20. The number of hydrogen-bond acceptors (Lipinski definition) is 3. The summed E-state index contributed by atoms with van der Waals surface area (Å²) >= 11 is 0. The van der Waals surface area contributed by atoms with Crippen LogP contribution in [0.3, 0.4) is 0 Å². The van der Waals surface area contributed by atoms with Gasteiger partial charge < -0.3 is 5.73 Å². The Morgan fingerprint density at radius 1 is 0.818 bits per heavy atom. The Morgan fingerprint density at radius 2 is 1.50 bits per heavy atom. The van der Waals surface area contributed by atoms with E-state index in [1.165, 1.54) is 0 Å². The topological polar surface area (TPSA) is 50.7 Å². The van der Waals surface area contributed by atoms with Gasteiger partial charge in [-0.2, -0.15) is 10.2 Å². The van der Waals surface area contributed by atoms with Gasteiger partial charge in [0.05, 0.1) is 11.4 Å². The Balaban J connectivity index is 1.89. The molecular formula is C19H17N3. The zero-order chi connectivity index (χ0) is 15.2. The first-order chi connectivity index (χ1) is 10.8. The third kappa shape index (κ3) is 3.58. The molecule has 2 aromatic rings. The van der Waals surface area contributed by atoms with Crippen molar-refractivity contribution in [1.82, 2.24) is 0 Å².